The van der Waals surface area contributed by atoms with E-state index in [4.69, 9.17) is 23.7 Å². The van der Waals surface area contributed by atoms with E-state index >= 15 is 0 Å². The molecule has 8 nitrogen and oxygen atoms in total. The van der Waals surface area contributed by atoms with Crippen LogP contribution in [0.4, 0.5) is 0 Å². The van der Waals surface area contributed by atoms with Crippen molar-refractivity contribution in [1.29, 1.82) is 0 Å². The van der Waals surface area contributed by atoms with Gasteiger partial charge in [0.05, 0.1) is 11.9 Å². The minimum absolute atomic E-state index is 2.94. The van der Waals surface area contributed by atoms with Crippen molar-refractivity contribution in [3.05, 3.63) is 0 Å². The first-order valence-corrected chi connectivity index (χ1v) is 5.19. The summed E-state index contributed by atoms with van der Waals surface area (Å²) in [5.41, 5.74) is 0. The molecule has 0 bridgehead atoms. The summed E-state index contributed by atoms with van der Waals surface area (Å²) in [6, 6.07) is 0. The molecule has 5 N–H and O–H groups in total. The molecule has 0 atom stereocenters. The van der Waals surface area contributed by atoms with Crippen LogP contribution in [0.15, 0.2) is 0 Å². The van der Waals surface area contributed by atoms with Gasteiger partial charge in [-0.1, -0.05) is 0 Å². The maximum atomic E-state index is 9.20. The minimum Gasteiger partial charge on any atom is -0.368 e. The van der Waals surface area contributed by atoms with Gasteiger partial charge in [-0.25, -0.2) is 0 Å². The Bertz CT molecular complexity index is 169. The van der Waals surface area contributed by atoms with Crippen molar-refractivity contribution >= 4 is 31.3 Å². The Hall–Kier alpha value is 0.217. The lowest BCUT2D eigenvalue weighted by molar-refractivity contribution is 0.117. The fraction of sp³-hybridized carbons (Fsp3) is 0. The lowest BCUT2D eigenvalue weighted by Crippen LogP contribution is -2.33. The van der Waals surface area contributed by atoms with Crippen molar-refractivity contribution in [2.45, 2.75) is 0 Å². The molecular formula is H5ClO8SSi. The van der Waals surface area contributed by atoms with Crippen molar-refractivity contribution in [3.63, 3.8) is 0 Å². The van der Waals surface area contributed by atoms with Crippen LogP contribution >= 0.6 is 11.9 Å². The van der Waals surface area contributed by atoms with Crippen LogP contribution in [0, 0.1) is 0 Å². The predicted octanol–water partition coefficient (Wildman–Crippen LogP) is -2.65. The van der Waals surface area contributed by atoms with Crippen LogP contribution < -0.4 is 0 Å². The Kier molecular flexibility index (Phi) is 6.23. The molecule has 11 heteroatoms. The van der Waals surface area contributed by atoms with Gasteiger partial charge < -0.3 is 19.2 Å². The smallest absolute Gasteiger partial charge is 0.368 e. The van der Waals surface area contributed by atoms with Gasteiger partial charge in [0, 0.05) is 0 Å². The average Bonchev–Trinajstić information content (AvgIpc) is 1.59. The van der Waals surface area contributed by atoms with E-state index in [-0.39, 0.29) is 0 Å². The second-order valence-electron chi connectivity index (χ2n) is 1.09. The van der Waals surface area contributed by atoms with E-state index in [9.17, 15) is 8.42 Å². The topological polar surface area (TPSA) is 145 Å². The highest BCUT2D eigenvalue weighted by atomic mass is 35.5. The molecule has 0 aromatic carbocycles. The number of rotatable bonds is 1. The Morgan fingerprint density at radius 3 is 1.27 bits per heavy atom. The van der Waals surface area contributed by atoms with Crippen molar-refractivity contribution in [2.24, 2.45) is 0 Å². The zero-order valence-corrected chi connectivity index (χ0v) is 7.32. The zero-order valence-electron chi connectivity index (χ0n) is 4.75. The summed E-state index contributed by atoms with van der Waals surface area (Å²) in [6.07, 6.45) is 0. The fourth-order valence-corrected chi connectivity index (χ4v) is 0. The lowest BCUT2D eigenvalue weighted by Gasteiger charge is -1.91. The van der Waals surface area contributed by atoms with Crippen LogP contribution in [0.25, 0.3) is 0 Å². The van der Waals surface area contributed by atoms with Crippen molar-refractivity contribution in [3.8, 4) is 0 Å². The quantitative estimate of drug-likeness (QED) is 0.242. The molecule has 0 amide bonds. The molecule has 0 saturated carbocycles. The molecule has 11 heavy (non-hydrogen) atoms. The fourth-order valence-electron chi connectivity index (χ4n) is 0. The third-order valence-corrected chi connectivity index (χ3v) is 0.716. The molecule has 0 saturated heterocycles. The van der Waals surface area contributed by atoms with Crippen molar-refractivity contribution in [2.75, 3.05) is 0 Å². The van der Waals surface area contributed by atoms with Gasteiger partial charge in [0.15, 0.2) is 0 Å². The van der Waals surface area contributed by atoms with Crippen LogP contribution in [0.5, 0.6) is 0 Å². The first kappa shape index (κ1) is 13.8. The van der Waals surface area contributed by atoms with Crippen LogP contribution in [-0.2, 0) is 14.1 Å². The molecule has 0 spiro atoms. The molecule has 70 valence electrons. The molecular weight excluding hydrogens is 224 g/mol. The van der Waals surface area contributed by atoms with Gasteiger partial charge in [-0.3, -0.25) is 4.55 Å². The van der Waals surface area contributed by atoms with Gasteiger partial charge in [-0.05, 0) is 0 Å². The summed E-state index contributed by atoms with van der Waals surface area (Å²) >= 11 is 4.14. The maximum Gasteiger partial charge on any atom is 0.668 e. The van der Waals surface area contributed by atoms with Crippen LogP contribution in [-0.4, -0.2) is 41.2 Å². The molecule has 0 aliphatic carbocycles. The summed E-state index contributed by atoms with van der Waals surface area (Å²) in [6.45, 7) is 0. The first-order chi connectivity index (χ1) is 4.56. The molecule has 0 fully saturated rings. The Balaban J connectivity index is 0. The molecule has 0 radical (unpaired) electrons. The first-order valence-electron chi connectivity index (χ1n) is 1.73. The van der Waals surface area contributed by atoms with E-state index in [1.165, 1.54) is 0 Å². The molecule has 0 aliphatic heterocycles. The molecule has 0 aliphatic rings. The number of hydrogen-bond donors (Lipinski definition) is 5. The Labute approximate surface area is 67.9 Å². The highest BCUT2D eigenvalue weighted by molar-refractivity contribution is 7.81. The van der Waals surface area contributed by atoms with Gasteiger partial charge in [0.1, 0.15) is 0 Å². The average molecular weight is 229 g/mol. The summed E-state index contributed by atoms with van der Waals surface area (Å²) in [5.74, 6) is 0. The second kappa shape index (κ2) is 4.97. The lowest BCUT2D eigenvalue weighted by atomic mass is 15.7. The maximum absolute atomic E-state index is 9.20. The Morgan fingerprint density at radius 2 is 1.27 bits per heavy atom. The third kappa shape index (κ3) is 66.7. The molecule has 0 unspecified atom stereocenters. The monoisotopic (exact) mass is 228 g/mol. The minimum atomic E-state index is -4.61. The van der Waals surface area contributed by atoms with E-state index in [1.807, 2.05) is 0 Å². The Morgan fingerprint density at radius 1 is 1.18 bits per heavy atom. The van der Waals surface area contributed by atoms with Gasteiger partial charge >= 0.3 is 19.4 Å². The van der Waals surface area contributed by atoms with Gasteiger partial charge in [-0.2, -0.15) is 8.42 Å². The molecule has 0 rings (SSSR count). The summed E-state index contributed by atoms with van der Waals surface area (Å²) in [5, 5.41) is 0. The van der Waals surface area contributed by atoms with Gasteiger partial charge in [0.25, 0.3) is 0 Å². The van der Waals surface area contributed by atoms with E-state index < -0.39 is 19.4 Å². The van der Waals surface area contributed by atoms with Crippen molar-refractivity contribution < 1.29 is 35.9 Å². The highest BCUT2D eigenvalue weighted by Gasteiger charge is 2.22. The highest BCUT2D eigenvalue weighted by Crippen LogP contribution is 1.86. The van der Waals surface area contributed by atoms with Crippen LogP contribution in [0.2, 0.25) is 0 Å². The van der Waals surface area contributed by atoms with Gasteiger partial charge in [0.2, 0.25) is 0 Å². The SMILES string of the molecule is O=S(=O)(O)OCl.O[Si](O)(O)O. The van der Waals surface area contributed by atoms with Crippen LogP contribution in [0.1, 0.15) is 0 Å². The van der Waals surface area contributed by atoms with E-state index in [0.717, 1.165) is 0 Å². The number of halogens is 1. The van der Waals surface area contributed by atoms with E-state index in [2.05, 4.69) is 15.6 Å². The second-order valence-corrected chi connectivity index (χ2v) is 3.65. The standard InChI is InChI=1S/ClHO4S.H4O4Si/c1-5-6(2,3)4;1-5(2,3)4/h(H,2,3,4);1-4H. The van der Waals surface area contributed by atoms with E-state index in [0.29, 0.717) is 0 Å². The van der Waals surface area contributed by atoms with Crippen molar-refractivity contribution in [1.82, 2.24) is 0 Å². The molecule has 0 heterocycles. The van der Waals surface area contributed by atoms with Crippen LogP contribution in [0.3, 0.4) is 0 Å². The van der Waals surface area contributed by atoms with Gasteiger partial charge in [-0.15, -0.1) is 3.74 Å². The summed E-state index contributed by atoms with van der Waals surface area (Å²) in [4.78, 5) is 29.3. The number of hydrogen-bond acceptors (Lipinski definition) is 7. The summed E-state index contributed by atoms with van der Waals surface area (Å²) < 4.78 is 28.8. The zero-order chi connectivity index (χ0) is 9.71. The predicted molar refractivity (Wildman–Crippen MR) is 33.1 cm³/mol. The third-order valence-electron chi connectivity index (χ3n) is 0.0796. The molecule has 0 aromatic rings. The largest absolute Gasteiger partial charge is 0.668 e. The summed E-state index contributed by atoms with van der Waals surface area (Å²) in [7, 11) is -9.01. The van der Waals surface area contributed by atoms with E-state index in [1.54, 1.807) is 0 Å². The molecule has 0 aromatic heterocycles. The normalized spacial score (nSPS) is 11.8.